The summed E-state index contributed by atoms with van der Waals surface area (Å²) in [4.78, 5) is 22.5. The van der Waals surface area contributed by atoms with Gasteiger partial charge < -0.3 is 16.2 Å². The molecule has 1 aliphatic rings. The lowest BCUT2D eigenvalue weighted by atomic mass is 9.96. The third kappa shape index (κ3) is 3.14. The number of rotatable bonds is 5. The van der Waals surface area contributed by atoms with Gasteiger partial charge in [-0.2, -0.15) is 0 Å². The minimum Gasteiger partial charge on any atom is -0.480 e. The largest absolute Gasteiger partial charge is 0.480 e. The van der Waals surface area contributed by atoms with Crippen molar-refractivity contribution in [3.05, 3.63) is 35.1 Å². The molecule has 2 rings (SSSR count). The standard InChI is InChI=1S/C14H17FN2O3/c1-14(2-3-14)9-4-8(5-10(15)6-9)12(18)17-7-11(16)13(19)20/h4-6,11H,2-3,7,16H2,1H3,(H,17,18)(H,19,20)/t11-/m1/s1. The van der Waals surface area contributed by atoms with E-state index in [4.69, 9.17) is 10.8 Å². The molecule has 0 radical (unpaired) electrons. The van der Waals surface area contributed by atoms with Crippen molar-refractivity contribution in [3.8, 4) is 0 Å². The van der Waals surface area contributed by atoms with Gasteiger partial charge in [-0.05, 0) is 42.0 Å². The molecule has 108 valence electrons. The van der Waals surface area contributed by atoms with Crippen LogP contribution in [0.2, 0.25) is 0 Å². The molecule has 1 amide bonds. The Hall–Kier alpha value is -1.95. The highest BCUT2D eigenvalue weighted by Gasteiger charge is 2.39. The summed E-state index contributed by atoms with van der Waals surface area (Å²) in [5.41, 5.74) is 6.23. The number of hydrogen-bond acceptors (Lipinski definition) is 3. The Morgan fingerprint density at radius 2 is 2.10 bits per heavy atom. The van der Waals surface area contributed by atoms with E-state index >= 15 is 0 Å². The molecule has 0 aromatic heterocycles. The molecule has 1 aromatic rings. The molecular formula is C14H17FN2O3. The lowest BCUT2D eigenvalue weighted by molar-refractivity contribution is -0.138. The molecule has 1 fully saturated rings. The minimum absolute atomic E-state index is 0.0470. The van der Waals surface area contributed by atoms with Crippen molar-refractivity contribution in [1.29, 1.82) is 0 Å². The van der Waals surface area contributed by atoms with E-state index in [1.165, 1.54) is 6.07 Å². The lowest BCUT2D eigenvalue weighted by Crippen LogP contribution is -2.42. The molecule has 1 aliphatic carbocycles. The lowest BCUT2D eigenvalue weighted by Gasteiger charge is -2.12. The van der Waals surface area contributed by atoms with Gasteiger partial charge in [-0.25, -0.2) is 4.39 Å². The van der Waals surface area contributed by atoms with Crippen LogP contribution in [0.3, 0.4) is 0 Å². The third-order valence-electron chi connectivity index (χ3n) is 3.66. The van der Waals surface area contributed by atoms with Crippen LogP contribution in [-0.2, 0) is 10.2 Å². The molecule has 5 nitrogen and oxygen atoms in total. The Kier molecular flexibility index (Phi) is 3.76. The van der Waals surface area contributed by atoms with E-state index in [0.29, 0.717) is 0 Å². The monoisotopic (exact) mass is 280 g/mol. The molecule has 0 spiro atoms. The Bertz CT molecular complexity index is 555. The maximum Gasteiger partial charge on any atom is 0.322 e. The normalized spacial score (nSPS) is 17.4. The fourth-order valence-corrected chi connectivity index (χ4v) is 1.94. The Morgan fingerprint density at radius 3 is 2.65 bits per heavy atom. The first-order valence-corrected chi connectivity index (χ1v) is 6.39. The van der Waals surface area contributed by atoms with E-state index in [1.54, 1.807) is 6.07 Å². The number of carboxylic acids is 1. The van der Waals surface area contributed by atoms with Gasteiger partial charge in [-0.3, -0.25) is 9.59 Å². The maximum atomic E-state index is 13.6. The van der Waals surface area contributed by atoms with Crippen LogP contribution in [0, 0.1) is 5.82 Å². The molecular weight excluding hydrogens is 263 g/mol. The molecule has 4 N–H and O–H groups in total. The molecule has 6 heteroatoms. The second-order valence-corrected chi connectivity index (χ2v) is 5.44. The fraction of sp³-hybridized carbons (Fsp3) is 0.429. The van der Waals surface area contributed by atoms with Gasteiger partial charge in [-0.15, -0.1) is 0 Å². The van der Waals surface area contributed by atoms with Gasteiger partial charge in [0.15, 0.2) is 0 Å². The van der Waals surface area contributed by atoms with Crippen LogP contribution < -0.4 is 11.1 Å². The van der Waals surface area contributed by atoms with Crippen LogP contribution in [0.1, 0.15) is 35.7 Å². The number of carbonyl (C=O) groups excluding carboxylic acids is 1. The van der Waals surface area contributed by atoms with Crippen LogP contribution in [-0.4, -0.2) is 29.6 Å². The summed E-state index contributed by atoms with van der Waals surface area (Å²) in [6.07, 6.45) is 1.95. The van der Waals surface area contributed by atoms with Crippen molar-refractivity contribution in [3.63, 3.8) is 0 Å². The van der Waals surface area contributed by atoms with Gasteiger partial charge in [0.1, 0.15) is 11.9 Å². The smallest absolute Gasteiger partial charge is 0.322 e. The van der Waals surface area contributed by atoms with Crippen LogP contribution >= 0.6 is 0 Å². The number of amides is 1. The van der Waals surface area contributed by atoms with Crippen molar-refractivity contribution < 1.29 is 19.1 Å². The topological polar surface area (TPSA) is 92.4 Å². The Balaban J connectivity index is 2.10. The first kappa shape index (κ1) is 14.5. The second-order valence-electron chi connectivity index (χ2n) is 5.44. The zero-order valence-electron chi connectivity index (χ0n) is 11.1. The van der Waals surface area contributed by atoms with E-state index in [0.717, 1.165) is 24.5 Å². The predicted octanol–water partition coefficient (Wildman–Crippen LogP) is 1.02. The molecule has 0 heterocycles. The average molecular weight is 280 g/mol. The van der Waals surface area contributed by atoms with Gasteiger partial charge in [0.2, 0.25) is 0 Å². The van der Waals surface area contributed by atoms with Gasteiger partial charge in [-0.1, -0.05) is 6.92 Å². The average Bonchev–Trinajstić information content (AvgIpc) is 3.14. The number of aliphatic carboxylic acids is 1. The number of carbonyl (C=O) groups is 2. The van der Waals surface area contributed by atoms with Crippen LogP contribution in [0.4, 0.5) is 4.39 Å². The van der Waals surface area contributed by atoms with Gasteiger partial charge >= 0.3 is 5.97 Å². The van der Waals surface area contributed by atoms with E-state index < -0.39 is 23.7 Å². The fourth-order valence-electron chi connectivity index (χ4n) is 1.94. The highest BCUT2D eigenvalue weighted by molar-refractivity contribution is 5.94. The first-order chi connectivity index (χ1) is 9.32. The van der Waals surface area contributed by atoms with Crippen LogP contribution in [0.5, 0.6) is 0 Å². The number of hydrogen-bond donors (Lipinski definition) is 3. The third-order valence-corrected chi connectivity index (χ3v) is 3.66. The number of nitrogens with one attached hydrogen (secondary N) is 1. The van der Waals surface area contributed by atoms with Crippen molar-refractivity contribution in [2.24, 2.45) is 5.73 Å². The number of benzene rings is 1. The number of nitrogens with two attached hydrogens (primary N) is 1. The quantitative estimate of drug-likeness (QED) is 0.750. The highest BCUT2D eigenvalue weighted by Crippen LogP contribution is 2.47. The molecule has 20 heavy (non-hydrogen) atoms. The highest BCUT2D eigenvalue weighted by atomic mass is 19.1. The Morgan fingerprint density at radius 1 is 1.45 bits per heavy atom. The summed E-state index contributed by atoms with van der Waals surface area (Å²) < 4.78 is 13.6. The molecule has 0 unspecified atom stereocenters. The first-order valence-electron chi connectivity index (χ1n) is 6.39. The molecule has 1 aromatic carbocycles. The van der Waals surface area contributed by atoms with Crippen molar-refractivity contribution in [1.82, 2.24) is 5.32 Å². The van der Waals surface area contributed by atoms with Crippen molar-refractivity contribution >= 4 is 11.9 Å². The van der Waals surface area contributed by atoms with E-state index in [9.17, 15) is 14.0 Å². The Labute approximate surface area is 116 Å². The minimum atomic E-state index is -1.20. The van der Waals surface area contributed by atoms with Crippen LogP contribution in [0.15, 0.2) is 18.2 Å². The number of halogens is 1. The number of carboxylic acid groups (broad SMARTS) is 1. The molecule has 0 bridgehead atoms. The zero-order chi connectivity index (χ0) is 14.9. The summed E-state index contributed by atoms with van der Waals surface area (Å²) in [7, 11) is 0. The van der Waals surface area contributed by atoms with E-state index in [1.807, 2.05) is 6.92 Å². The van der Waals surface area contributed by atoms with Gasteiger partial charge in [0, 0.05) is 12.1 Å². The van der Waals surface area contributed by atoms with Crippen molar-refractivity contribution in [2.75, 3.05) is 6.54 Å². The van der Waals surface area contributed by atoms with Gasteiger partial charge in [0.05, 0.1) is 0 Å². The summed E-state index contributed by atoms with van der Waals surface area (Å²) in [6.45, 7) is 1.82. The van der Waals surface area contributed by atoms with Crippen molar-refractivity contribution in [2.45, 2.75) is 31.2 Å². The van der Waals surface area contributed by atoms with E-state index in [-0.39, 0.29) is 17.5 Å². The second kappa shape index (κ2) is 5.20. The molecule has 1 saturated carbocycles. The van der Waals surface area contributed by atoms with Crippen LogP contribution in [0.25, 0.3) is 0 Å². The summed E-state index contributed by atoms with van der Waals surface area (Å²) in [5, 5.41) is 11.0. The van der Waals surface area contributed by atoms with E-state index in [2.05, 4.69) is 5.32 Å². The zero-order valence-corrected chi connectivity index (χ0v) is 11.1. The molecule has 0 saturated heterocycles. The molecule has 0 aliphatic heterocycles. The summed E-state index contributed by atoms with van der Waals surface area (Å²) in [6, 6.07) is 3.05. The van der Waals surface area contributed by atoms with Gasteiger partial charge in [0.25, 0.3) is 5.91 Å². The summed E-state index contributed by atoms with van der Waals surface area (Å²) in [5.74, 6) is -2.19. The maximum absolute atomic E-state index is 13.6. The predicted molar refractivity (Wildman–Crippen MR) is 70.9 cm³/mol. The summed E-state index contributed by atoms with van der Waals surface area (Å²) >= 11 is 0. The SMILES string of the molecule is CC1(c2cc(F)cc(C(=O)NC[C@@H](N)C(=O)O)c2)CC1. The molecule has 1 atom stereocenters.